The second-order valence-electron chi connectivity index (χ2n) is 4.35. The third-order valence-electron chi connectivity index (χ3n) is 2.85. The zero-order valence-electron chi connectivity index (χ0n) is 12.1. The van der Waals surface area contributed by atoms with Crippen molar-refractivity contribution in [3.63, 3.8) is 0 Å². The maximum atomic E-state index is 5.30. The van der Waals surface area contributed by atoms with Gasteiger partial charge in [0.2, 0.25) is 0 Å². The highest BCUT2D eigenvalue weighted by molar-refractivity contribution is 7.99. The van der Waals surface area contributed by atoms with Gasteiger partial charge in [-0.25, -0.2) is 0 Å². The Hall–Kier alpha value is -0.710. The fourth-order valence-electron chi connectivity index (χ4n) is 1.79. The number of methoxy groups -OCH3 is 2. The van der Waals surface area contributed by atoms with E-state index < -0.39 is 0 Å². The SMILES string of the molecule is CCCNC(CSCCOC)c1cccc(OC)c1. The molecular formula is C15H25NO2S. The molecule has 1 rings (SSSR count). The van der Waals surface area contributed by atoms with Crippen molar-refractivity contribution in [2.75, 3.05) is 38.9 Å². The van der Waals surface area contributed by atoms with Crippen LogP contribution in [0.4, 0.5) is 0 Å². The van der Waals surface area contributed by atoms with Crippen LogP contribution < -0.4 is 10.1 Å². The first kappa shape index (κ1) is 16.3. The van der Waals surface area contributed by atoms with Crippen LogP contribution in [-0.2, 0) is 4.74 Å². The van der Waals surface area contributed by atoms with Gasteiger partial charge in [0.1, 0.15) is 5.75 Å². The molecule has 4 heteroatoms. The van der Waals surface area contributed by atoms with Crippen molar-refractivity contribution in [1.29, 1.82) is 0 Å². The summed E-state index contributed by atoms with van der Waals surface area (Å²) in [6.45, 7) is 4.03. The minimum absolute atomic E-state index is 0.372. The van der Waals surface area contributed by atoms with Crippen LogP contribution in [0.5, 0.6) is 5.75 Å². The van der Waals surface area contributed by atoms with Crippen molar-refractivity contribution in [3.05, 3.63) is 29.8 Å². The summed E-state index contributed by atoms with van der Waals surface area (Å²) >= 11 is 1.92. The number of ether oxygens (including phenoxy) is 2. The normalized spacial score (nSPS) is 12.4. The Morgan fingerprint density at radius 3 is 2.84 bits per heavy atom. The molecule has 0 aliphatic carbocycles. The number of hydrogen-bond acceptors (Lipinski definition) is 4. The van der Waals surface area contributed by atoms with Gasteiger partial charge in [0.25, 0.3) is 0 Å². The van der Waals surface area contributed by atoms with Gasteiger partial charge in [-0.15, -0.1) is 0 Å². The molecule has 0 spiro atoms. The van der Waals surface area contributed by atoms with E-state index in [-0.39, 0.29) is 0 Å². The standard InChI is InChI=1S/C15H25NO2S/c1-4-8-16-15(12-19-10-9-17-2)13-6-5-7-14(11-13)18-3/h5-7,11,15-16H,4,8-10,12H2,1-3H3. The average Bonchev–Trinajstić information content (AvgIpc) is 2.46. The molecule has 1 atom stereocenters. The lowest BCUT2D eigenvalue weighted by molar-refractivity contribution is 0.218. The van der Waals surface area contributed by atoms with Gasteiger partial charge >= 0.3 is 0 Å². The molecule has 0 radical (unpaired) electrons. The summed E-state index contributed by atoms with van der Waals surface area (Å²) in [6.07, 6.45) is 1.14. The predicted molar refractivity (Wildman–Crippen MR) is 83.2 cm³/mol. The first-order valence-electron chi connectivity index (χ1n) is 6.75. The highest BCUT2D eigenvalue weighted by atomic mass is 32.2. The van der Waals surface area contributed by atoms with E-state index in [0.29, 0.717) is 6.04 Å². The molecule has 0 fully saturated rings. The Balaban J connectivity index is 2.60. The molecule has 0 aliphatic rings. The fraction of sp³-hybridized carbons (Fsp3) is 0.600. The van der Waals surface area contributed by atoms with Crippen LogP contribution in [0, 0.1) is 0 Å². The lowest BCUT2D eigenvalue weighted by Crippen LogP contribution is -2.24. The van der Waals surface area contributed by atoms with Gasteiger partial charge in [-0.05, 0) is 30.7 Å². The maximum absolute atomic E-state index is 5.30. The fourth-order valence-corrected chi connectivity index (χ4v) is 2.79. The number of thioether (sulfide) groups is 1. The molecule has 0 amide bonds. The summed E-state index contributed by atoms with van der Waals surface area (Å²) in [4.78, 5) is 0. The number of benzene rings is 1. The van der Waals surface area contributed by atoms with Gasteiger partial charge in [-0.2, -0.15) is 11.8 Å². The second-order valence-corrected chi connectivity index (χ2v) is 5.50. The topological polar surface area (TPSA) is 30.5 Å². The molecule has 0 aliphatic heterocycles. The Labute approximate surface area is 121 Å². The molecule has 0 aromatic heterocycles. The minimum atomic E-state index is 0.372. The van der Waals surface area contributed by atoms with Gasteiger partial charge in [0, 0.05) is 24.7 Å². The van der Waals surface area contributed by atoms with Crippen molar-refractivity contribution >= 4 is 11.8 Å². The smallest absolute Gasteiger partial charge is 0.119 e. The Kier molecular flexibility index (Phi) is 8.71. The first-order chi connectivity index (χ1) is 9.31. The van der Waals surface area contributed by atoms with Crippen LogP contribution in [0.3, 0.4) is 0 Å². The Bertz CT molecular complexity index is 347. The molecule has 0 bridgehead atoms. The average molecular weight is 283 g/mol. The highest BCUT2D eigenvalue weighted by Gasteiger charge is 2.11. The van der Waals surface area contributed by atoms with Crippen LogP contribution >= 0.6 is 11.8 Å². The summed E-state index contributed by atoms with van der Waals surface area (Å²) in [7, 11) is 3.45. The van der Waals surface area contributed by atoms with Gasteiger partial charge in [0.05, 0.1) is 13.7 Å². The molecule has 108 valence electrons. The van der Waals surface area contributed by atoms with E-state index in [0.717, 1.165) is 36.8 Å². The Morgan fingerprint density at radius 2 is 2.16 bits per heavy atom. The molecule has 1 aromatic carbocycles. The van der Waals surface area contributed by atoms with Crippen LogP contribution in [-0.4, -0.2) is 38.9 Å². The monoisotopic (exact) mass is 283 g/mol. The zero-order valence-corrected chi connectivity index (χ0v) is 13.0. The van der Waals surface area contributed by atoms with Crippen molar-refractivity contribution in [2.45, 2.75) is 19.4 Å². The molecular weight excluding hydrogens is 258 g/mol. The van der Waals surface area contributed by atoms with E-state index in [9.17, 15) is 0 Å². The number of nitrogens with one attached hydrogen (secondary N) is 1. The number of rotatable bonds is 10. The highest BCUT2D eigenvalue weighted by Crippen LogP contribution is 2.22. The van der Waals surface area contributed by atoms with Crippen LogP contribution in [0.25, 0.3) is 0 Å². The van der Waals surface area contributed by atoms with Gasteiger partial charge in [-0.3, -0.25) is 0 Å². The second kappa shape index (κ2) is 10.1. The van der Waals surface area contributed by atoms with Crippen LogP contribution in [0.1, 0.15) is 24.9 Å². The quantitative estimate of drug-likeness (QED) is 0.668. The van der Waals surface area contributed by atoms with Crippen LogP contribution in [0.15, 0.2) is 24.3 Å². The largest absolute Gasteiger partial charge is 0.497 e. The van der Waals surface area contributed by atoms with E-state index in [1.165, 1.54) is 5.56 Å². The van der Waals surface area contributed by atoms with E-state index in [1.54, 1.807) is 14.2 Å². The van der Waals surface area contributed by atoms with Crippen molar-refractivity contribution in [3.8, 4) is 5.75 Å². The zero-order chi connectivity index (χ0) is 13.9. The van der Waals surface area contributed by atoms with Gasteiger partial charge in [0.15, 0.2) is 0 Å². The molecule has 0 saturated carbocycles. The Morgan fingerprint density at radius 1 is 1.32 bits per heavy atom. The third kappa shape index (κ3) is 6.32. The molecule has 1 unspecified atom stereocenters. The molecule has 3 nitrogen and oxygen atoms in total. The summed E-state index contributed by atoms with van der Waals surface area (Å²) in [5.41, 5.74) is 1.29. The van der Waals surface area contributed by atoms with E-state index in [4.69, 9.17) is 9.47 Å². The lowest BCUT2D eigenvalue weighted by Gasteiger charge is -2.19. The van der Waals surface area contributed by atoms with E-state index in [2.05, 4.69) is 30.4 Å². The predicted octanol–water partition coefficient (Wildman–Crippen LogP) is 3.12. The van der Waals surface area contributed by atoms with E-state index >= 15 is 0 Å². The summed E-state index contributed by atoms with van der Waals surface area (Å²) < 4.78 is 10.4. The van der Waals surface area contributed by atoms with Crippen molar-refractivity contribution in [2.24, 2.45) is 0 Å². The van der Waals surface area contributed by atoms with Gasteiger partial charge < -0.3 is 14.8 Å². The molecule has 0 heterocycles. The molecule has 1 N–H and O–H groups in total. The third-order valence-corrected chi connectivity index (χ3v) is 3.88. The van der Waals surface area contributed by atoms with Crippen molar-refractivity contribution < 1.29 is 9.47 Å². The number of hydrogen-bond donors (Lipinski definition) is 1. The first-order valence-corrected chi connectivity index (χ1v) is 7.91. The van der Waals surface area contributed by atoms with Crippen LogP contribution in [0.2, 0.25) is 0 Å². The minimum Gasteiger partial charge on any atom is -0.497 e. The maximum Gasteiger partial charge on any atom is 0.119 e. The molecule has 19 heavy (non-hydrogen) atoms. The molecule has 0 saturated heterocycles. The summed E-state index contributed by atoms with van der Waals surface area (Å²) in [5.74, 6) is 3.00. The summed E-state index contributed by atoms with van der Waals surface area (Å²) in [6, 6.07) is 8.68. The lowest BCUT2D eigenvalue weighted by atomic mass is 10.1. The van der Waals surface area contributed by atoms with Gasteiger partial charge in [-0.1, -0.05) is 19.1 Å². The van der Waals surface area contributed by atoms with E-state index in [1.807, 2.05) is 17.8 Å². The summed E-state index contributed by atoms with van der Waals surface area (Å²) in [5, 5.41) is 3.60. The molecule has 1 aromatic rings. The van der Waals surface area contributed by atoms with Crippen molar-refractivity contribution in [1.82, 2.24) is 5.32 Å².